The third-order valence-corrected chi connectivity index (χ3v) is 2.99. The molecule has 0 unspecified atom stereocenters. The number of hydrogen-bond acceptors (Lipinski definition) is 3. The van der Waals surface area contributed by atoms with Gasteiger partial charge in [-0.25, -0.2) is 5.10 Å². The van der Waals surface area contributed by atoms with E-state index < -0.39 is 0 Å². The lowest BCUT2D eigenvalue weighted by Gasteiger charge is -2.06. The Labute approximate surface area is 111 Å². The minimum absolute atomic E-state index is 0.0129. The number of carbonyl (C=O) groups is 1. The van der Waals surface area contributed by atoms with E-state index in [4.69, 9.17) is 0 Å². The minimum atomic E-state index is -0.211. The molecule has 2 rings (SSSR count). The summed E-state index contributed by atoms with van der Waals surface area (Å²) in [5.41, 5.74) is 0.469. The Balaban J connectivity index is 2.15. The van der Waals surface area contributed by atoms with Crippen molar-refractivity contribution in [3.63, 3.8) is 0 Å². The van der Waals surface area contributed by atoms with Crippen LogP contribution < -0.4 is 10.9 Å². The molecule has 2 N–H and O–H groups in total. The van der Waals surface area contributed by atoms with E-state index in [0.717, 1.165) is 18.2 Å². The molecule has 1 aromatic heterocycles. The van der Waals surface area contributed by atoms with Crippen LogP contribution in [0.25, 0.3) is 10.8 Å². The Morgan fingerprint density at radius 2 is 2.05 bits per heavy atom. The number of aromatic amines is 1. The number of fused-ring (bicyclic) bond motifs is 1. The monoisotopic (exact) mass is 259 g/mol. The summed E-state index contributed by atoms with van der Waals surface area (Å²) in [6.45, 7) is 2.38. The number of amides is 1. The van der Waals surface area contributed by atoms with Crippen LogP contribution >= 0.6 is 0 Å². The number of hydrogen-bond donors (Lipinski definition) is 2. The molecule has 0 radical (unpaired) electrons. The summed E-state index contributed by atoms with van der Waals surface area (Å²) in [6.07, 6.45) is 2.40. The van der Waals surface area contributed by atoms with Crippen molar-refractivity contribution in [3.05, 3.63) is 40.3 Å². The van der Waals surface area contributed by atoms with Crippen molar-refractivity contribution in [2.24, 2.45) is 0 Å². The zero-order chi connectivity index (χ0) is 13.7. The van der Waals surface area contributed by atoms with Crippen LogP contribution in [-0.4, -0.2) is 16.1 Å². The molecule has 1 heterocycles. The predicted octanol–water partition coefficient (Wildman–Crippen LogP) is 1.73. The van der Waals surface area contributed by atoms with E-state index >= 15 is 0 Å². The quantitative estimate of drug-likeness (QED) is 0.858. The molecule has 0 fully saturated rings. The topological polar surface area (TPSA) is 74.8 Å². The summed E-state index contributed by atoms with van der Waals surface area (Å²) in [6, 6.07) is 7.25. The average Bonchev–Trinajstić information content (AvgIpc) is 2.45. The number of nitrogens with zero attached hydrogens (tertiary/aromatic N) is 1. The molecular formula is C14H17N3O2. The van der Waals surface area contributed by atoms with Crippen molar-refractivity contribution in [1.82, 2.24) is 15.5 Å². The summed E-state index contributed by atoms with van der Waals surface area (Å²) in [7, 11) is 0. The highest BCUT2D eigenvalue weighted by atomic mass is 16.1. The molecule has 5 heteroatoms. The van der Waals surface area contributed by atoms with Gasteiger partial charge in [0.05, 0.1) is 17.6 Å². The maximum atomic E-state index is 11.6. The van der Waals surface area contributed by atoms with Gasteiger partial charge < -0.3 is 5.32 Å². The Kier molecular flexibility index (Phi) is 4.28. The van der Waals surface area contributed by atoms with Crippen molar-refractivity contribution in [3.8, 4) is 0 Å². The van der Waals surface area contributed by atoms with Gasteiger partial charge in [-0.2, -0.15) is 5.10 Å². The number of nitrogens with one attached hydrogen (secondary N) is 2. The Morgan fingerprint density at radius 3 is 2.79 bits per heavy atom. The number of aromatic nitrogens is 2. The van der Waals surface area contributed by atoms with Crippen molar-refractivity contribution >= 4 is 16.7 Å². The predicted molar refractivity (Wildman–Crippen MR) is 73.7 cm³/mol. The Bertz CT molecular complexity index is 634. The lowest BCUT2D eigenvalue weighted by atomic mass is 10.1. The molecule has 2 aromatic rings. The highest BCUT2D eigenvalue weighted by Gasteiger charge is 2.07. The molecule has 1 amide bonds. The molecule has 5 nitrogen and oxygen atoms in total. The van der Waals surface area contributed by atoms with E-state index in [9.17, 15) is 9.59 Å². The lowest BCUT2D eigenvalue weighted by molar-refractivity contribution is -0.121. The fourth-order valence-corrected chi connectivity index (χ4v) is 1.91. The molecule has 100 valence electrons. The Morgan fingerprint density at radius 1 is 1.32 bits per heavy atom. The molecule has 0 atom stereocenters. The van der Waals surface area contributed by atoms with E-state index in [1.807, 2.05) is 19.1 Å². The van der Waals surface area contributed by atoms with Crippen LogP contribution in [0.4, 0.5) is 0 Å². The molecular weight excluding hydrogens is 242 g/mol. The molecule has 0 spiro atoms. The third kappa shape index (κ3) is 3.19. The molecule has 0 bridgehead atoms. The summed E-state index contributed by atoms with van der Waals surface area (Å²) in [5.74, 6) is 0.0129. The highest BCUT2D eigenvalue weighted by Crippen LogP contribution is 2.11. The van der Waals surface area contributed by atoms with Gasteiger partial charge in [0.2, 0.25) is 5.91 Å². The van der Waals surface area contributed by atoms with Gasteiger partial charge in [-0.05, 0) is 12.5 Å². The van der Waals surface area contributed by atoms with Crippen molar-refractivity contribution in [1.29, 1.82) is 0 Å². The van der Waals surface area contributed by atoms with Crippen LogP contribution in [0.1, 0.15) is 31.9 Å². The molecule has 0 aliphatic heterocycles. The SMILES string of the molecule is CCCCC(=O)NCc1n[nH]c(=O)c2ccccc12. The van der Waals surface area contributed by atoms with Crippen LogP contribution in [0.15, 0.2) is 29.1 Å². The van der Waals surface area contributed by atoms with Gasteiger partial charge in [-0.3, -0.25) is 9.59 Å². The van der Waals surface area contributed by atoms with Crippen LogP contribution in [0.3, 0.4) is 0 Å². The van der Waals surface area contributed by atoms with E-state index in [1.54, 1.807) is 12.1 Å². The van der Waals surface area contributed by atoms with E-state index in [0.29, 0.717) is 24.0 Å². The molecule has 0 saturated carbocycles. The molecule has 19 heavy (non-hydrogen) atoms. The first-order valence-corrected chi connectivity index (χ1v) is 6.45. The highest BCUT2D eigenvalue weighted by molar-refractivity contribution is 5.84. The van der Waals surface area contributed by atoms with E-state index in [2.05, 4.69) is 15.5 Å². The second-order valence-electron chi connectivity index (χ2n) is 4.43. The van der Waals surface area contributed by atoms with Crippen LogP contribution in [-0.2, 0) is 11.3 Å². The summed E-state index contributed by atoms with van der Waals surface area (Å²) < 4.78 is 0. The number of H-pyrrole nitrogens is 1. The Hall–Kier alpha value is -2.17. The number of unbranched alkanes of at least 4 members (excludes halogenated alkanes) is 1. The van der Waals surface area contributed by atoms with Crippen molar-refractivity contribution < 1.29 is 4.79 Å². The fraction of sp³-hybridized carbons (Fsp3) is 0.357. The van der Waals surface area contributed by atoms with Crippen LogP contribution in [0.5, 0.6) is 0 Å². The average molecular weight is 259 g/mol. The first kappa shape index (κ1) is 13.3. The second-order valence-corrected chi connectivity index (χ2v) is 4.43. The molecule has 0 saturated heterocycles. The first-order valence-electron chi connectivity index (χ1n) is 6.45. The summed E-state index contributed by atoms with van der Waals surface area (Å²) in [5, 5.41) is 10.7. The van der Waals surface area contributed by atoms with Gasteiger partial charge in [0.25, 0.3) is 5.56 Å². The van der Waals surface area contributed by atoms with Gasteiger partial charge in [0.1, 0.15) is 0 Å². The van der Waals surface area contributed by atoms with E-state index in [1.165, 1.54) is 0 Å². The number of benzene rings is 1. The van der Waals surface area contributed by atoms with Gasteiger partial charge in [-0.15, -0.1) is 0 Å². The van der Waals surface area contributed by atoms with Gasteiger partial charge in [0.15, 0.2) is 0 Å². The first-order chi connectivity index (χ1) is 9.22. The molecule has 0 aliphatic rings. The zero-order valence-electron chi connectivity index (χ0n) is 10.9. The fourth-order valence-electron chi connectivity index (χ4n) is 1.91. The zero-order valence-corrected chi connectivity index (χ0v) is 10.9. The minimum Gasteiger partial charge on any atom is -0.350 e. The van der Waals surface area contributed by atoms with Crippen LogP contribution in [0, 0.1) is 0 Å². The van der Waals surface area contributed by atoms with Gasteiger partial charge in [0, 0.05) is 11.8 Å². The van der Waals surface area contributed by atoms with Gasteiger partial charge >= 0.3 is 0 Å². The van der Waals surface area contributed by atoms with Crippen molar-refractivity contribution in [2.75, 3.05) is 0 Å². The maximum Gasteiger partial charge on any atom is 0.272 e. The summed E-state index contributed by atoms with van der Waals surface area (Å²) in [4.78, 5) is 23.2. The van der Waals surface area contributed by atoms with Crippen molar-refractivity contribution in [2.45, 2.75) is 32.7 Å². The third-order valence-electron chi connectivity index (χ3n) is 2.99. The second kappa shape index (κ2) is 6.13. The normalized spacial score (nSPS) is 10.6. The molecule has 0 aliphatic carbocycles. The summed E-state index contributed by atoms with van der Waals surface area (Å²) >= 11 is 0. The lowest BCUT2D eigenvalue weighted by Crippen LogP contribution is -2.24. The number of rotatable bonds is 5. The molecule has 1 aromatic carbocycles. The van der Waals surface area contributed by atoms with Crippen LogP contribution in [0.2, 0.25) is 0 Å². The standard InChI is InChI=1S/C14H17N3O2/c1-2-3-8-13(18)15-9-12-10-6-4-5-7-11(10)14(19)17-16-12/h4-7H,2-3,8-9H2,1H3,(H,15,18)(H,17,19). The smallest absolute Gasteiger partial charge is 0.272 e. The van der Waals surface area contributed by atoms with E-state index in [-0.39, 0.29) is 11.5 Å². The van der Waals surface area contributed by atoms with Gasteiger partial charge in [-0.1, -0.05) is 31.5 Å². The maximum absolute atomic E-state index is 11.6. The number of carbonyl (C=O) groups excluding carboxylic acids is 1. The largest absolute Gasteiger partial charge is 0.350 e.